The van der Waals surface area contributed by atoms with Gasteiger partial charge >= 0.3 is 0 Å². The maximum atomic E-state index is 4.56. The average Bonchev–Trinajstić information content (AvgIpc) is 2.53. The van der Waals surface area contributed by atoms with Gasteiger partial charge in [0.2, 0.25) is 0 Å². The van der Waals surface area contributed by atoms with E-state index in [1.807, 2.05) is 6.07 Å². The second-order valence-electron chi connectivity index (χ2n) is 5.22. The van der Waals surface area contributed by atoms with Gasteiger partial charge in [0.05, 0.1) is 0 Å². The molecule has 1 aliphatic rings. The quantitative estimate of drug-likeness (QED) is 0.769. The fraction of sp³-hybridized carbons (Fsp3) is 0.733. The molecule has 0 radical (unpaired) electrons. The Morgan fingerprint density at radius 3 is 2.38 bits per heavy atom. The van der Waals surface area contributed by atoms with Crippen molar-refractivity contribution in [3.05, 3.63) is 11.9 Å². The summed E-state index contributed by atoms with van der Waals surface area (Å²) < 4.78 is 0. The molecular formula is C15H27N5S. The highest BCUT2D eigenvalue weighted by atomic mass is 32.2. The number of anilines is 2. The zero-order valence-corrected chi connectivity index (χ0v) is 14.0. The van der Waals surface area contributed by atoms with Gasteiger partial charge in [0.1, 0.15) is 17.5 Å². The summed E-state index contributed by atoms with van der Waals surface area (Å²) in [5.41, 5.74) is 0. The van der Waals surface area contributed by atoms with Gasteiger partial charge in [0, 0.05) is 56.7 Å². The van der Waals surface area contributed by atoms with Gasteiger partial charge in [0.25, 0.3) is 0 Å². The Hall–Kier alpha value is -1.01. The van der Waals surface area contributed by atoms with Crippen molar-refractivity contribution in [2.24, 2.45) is 0 Å². The Bertz CT molecular complexity index is 421. The summed E-state index contributed by atoms with van der Waals surface area (Å²) >= 11 is 2.05. The molecule has 1 fully saturated rings. The van der Waals surface area contributed by atoms with Gasteiger partial charge in [-0.1, -0.05) is 13.8 Å². The molecule has 1 saturated heterocycles. The third-order valence-electron chi connectivity index (χ3n) is 3.48. The molecule has 0 unspecified atom stereocenters. The molecular weight excluding hydrogens is 282 g/mol. The molecule has 0 saturated carbocycles. The number of aryl methyl sites for hydroxylation is 1. The summed E-state index contributed by atoms with van der Waals surface area (Å²) in [6.07, 6.45) is 1.96. The van der Waals surface area contributed by atoms with Gasteiger partial charge in [0.15, 0.2) is 0 Å². The Morgan fingerprint density at radius 2 is 1.76 bits per heavy atom. The van der Waals surface area contributed by atoms with Crippen LogP contribution in [-0.2, 0) is 6.42 Å². The third kappa shape index (κ3) is 5.71. The van der Waals surface area contributed by atoms with Crippen LogP contribution in [0.15, 0.2) is 6.07 Å². The highest BCUT2D eigenvalue weighted by Gasteiger charge is 2.09. The Morgan fingerprint density at radius 1 is 1.10 bits per heavy atom. The Labute approximate surface area is 132 Å². The van der Waals surface area contributed by atoms with Gasteiger partial charge in [-0.15, -0.1) is 0 Å². The van der Waals surface area contributed by atoms with Crippen molar-refractivity contribution in [3.63, 3.8) is 0 Å². The van der Waals surface area contributed by atoms with Crippen LogP contribution in [0.25, 0.3) is 0 Å². The van der Waals surface area contributed by atoms with Gasteiger partial charge in [-0.25, -0.2) is 9.97 Å². The number of rotatable bonds is 8. The van der Waals surface area contributed by atoms with Crippen LogP contribution in [0.4, 0.5) is 11.6 Å². The van der Waals surface area contributed by atoms with Gasteiger partial charge < -0.3 is 10.6 Å². The molecule has 0 atom stereocenters. The summed E-state index contributed by atoms with van der Waals surface area (Å²) in [7, 11) is 0. The summed E-state index contributed by atoms with van der Waals surface area (Å²) in [4.78, 5) is 11.6. The fourth-order valence-corrected chi connectivity index (χ4v) is 3.24. The lowest BCUT2D eigenvalue weighted by atomic mass is 10.4. The molecule has 1 aromatic rings. The topological polar surface area (TPSA) is 53.1 Å². The lowest BCUT2D eigenvalue weighted by molar-refractivity contribution is 0.314. The molecule has 1 aromatic heterocycles. The Kier molecular flexibility index (Phi) is 7.09. The number of hydrogen-bond donors (Lipinski definition) is 2. The smallest absolute Gasteiger partial charge is 0.132 e. The number of hydrogen-bond acceptors (Lipinski definition) is 6. The minimum atomic E-state index is 0.861. The SMILES string of the molecule is CCCNc1cc(NCCN2CCSCC2)nc(CC)n1. The second kappa shape index (κ2) is 9.10. The Balaban J connectivity index is 1.85. The van der Waals surface area contributed by atoms with Crippen LogP contribution in [-0.4, -0.2) is 59.1 Å². The van der Waals surface area contributed by atoms with Crippen molar-refractivity contribution < 1.29 is 0 Å². The highest BCUT2D eigenvalue weighted by Crippen LogP contribution is 2.12. The van der Waals surface area contributed by atoms with Crippen LogP contribution in [0, 0.1) is 0 Å². The first kappa shape index (κ1) is 16.4. The second-order valence-corrected chi connectivity index (χ2v) is 6.44. The van der Waals surface area contributed by atoms with E-state index < -0.39 is 0 Å². The molecule has 2 N–H and O–H groups in total. The van der Waals surface area contributed by atoms with E-state index in [4.69, 9.17) is 0 Å². The molecule has 0 amide bonds. The standard InChI is InChI=1S/C15H27N5S/c1-3-5-16-14-12-15(19-13(4-2)18-14)17-6-7-20-8-10-21-11-9-20/h12H,3-11H2,1-2H3,(H2,16,17,18,19). The van der Waals surface area contributed by atoms with E-state index in [-0.39, 0.29) is 0 Å². The maximum absolute atomic E-state index is 4.56. The first-order chi connectivity index (χ1) is 10.3. The number of thioether (sulfide) groups is 1. The van der Waals surface area contributed by atoms with E-state index in [1.54, 1.807) is 0 Å². The molecule has 6 heteroatoms. The molecule has 21 heavy (non-hydrogen) atoms. The first-order valence-corrected chi connectivity index (χ1v) is 9.13. The van der Waals surface area contributed by atoms with Crippen molar-refractivity contribution in [1.29, 1.82) is 0 Å². The van der Waals surface area contributed by atoms with E-state index in [9.17, 15) is 0 Å². The predicted octanol–water partition coefficient (Wildman–Crippen LogP) is 2.32. The number of nitrogens with one attached hydrogen (secondary N) is 2. The van der Waals surface area contributed by atoms with Crippen LogP contribution in [0.5, 0.6) is 0 Å². The van der Waals surface area contributed by atoms with Crippen molar-refractivity contribution in [2.45, 2.75) is 26.7 Å². The zero-order valence-electron chi connectivity index (χ0n) is 13.2. The minimum Gasteiger partial charge on any atom is -0.370 e. The van der Waals surface area contributed by atoms with E-state index in [0.717, 1.165) is 49.9 Å². The van der Waals surface area contributed by atoms with E-state index in [0.29, 0.717) is 0 Å². The van der Waals surface area contributed by atoms with Gasteiger partial charge in [-0.05, 0) is 6.42 Å². The predicted molar refractivity (Wildman–Crippen MR) is 92.4 cm³/mol. The highest BCUT2D eigenvalue weighted by molar-refractivity contribution is 7.99. The van der Waals surface area contributed by atoms with Gasteiger partial charge in [-0.3, -0.25) is 4.90 Å². The molecule has 118 valence electrons. The van der Waals surface area contributed by atoms with Crippen molar-refractivity contribution in [2.75, 3.05) is 54.9 Å². The molecule has 0 spiro atoms. The molecule has 2 rings (SSSR count). The van der Waals surface area contributed by atoms with Crippen molar-refractivity contribution >= 4 is 23.4 Å². The number of aromatic nitrogens is 2. The molecule has 0 bridgehead atoms. The third-order valence-corrected chi connectivity index (χ3v) is 4.43. The molecule has 0 aliphatic carbocycles. The van der Waals surface area contributed by atoms with E-state index >= 15 is 0 Å². The minimum absolute atomic E-state index is 0.861. The molecule has 2 heterocycles. The van der Waals surface area contributed by atoms with Crippen LogP contribution >= 0.6 is 11.8 Å². The van der Waals surface area contributed by atoms with Crippen molar-refractivity contribution in [3.8, 4) is 0 Å². The summed E-state index contributed by atoms with van der Waals surface area (Å²) in [6, 6.07) is 2.01. The summed E-state index contributed by atoms with van der Waals surface area (Å²) in [6.45, 7) is 9.64. The lowest BCUT2D eigenvalue weighted by Crippen LogP contribution is -2.36. The first-order valence-electron chi connectivity index (χ1n) is 7.97. The zero-order chi connectivity index (χ0) is 14.9. The van der Waals surface area contributed by atoms with Crippen LogP contribution < -0.4 is 10.6 Å². The van der Waals surface area contributed by atoms with Crippen LogP contribution in [0.1, 0.15) is 26.1 Å². The molecule has 0 aromatic carbocycles. The van der Waals surface area contributed by atoms with E-state index in [1.165, 1.54) is 24.6 Å². The lowest BCUT2D eigenvalue weighted by Gasteiger charge is -2.26. The maximum Gasteiger partial charge on any atom is 0.132 e. The summed E-state index contributed by atoms with van der Waals surface area (Å²) in [5, 5.41) is 6.79. The van der Waals surface area contributed by atoms with E-state index in [2.05, 4.69) is 51.1 Å². The van der Waals surface area contributed by atoms with Crippen LogP contribution in [0.2, 0.25) is 0 Å². The molecule has 5 nitrogen and oxygen atoms in total. The average molecular weight is 309 g/mol. The fourth-order valence-electron chi connectivity index (χ4n) is 2.26. The number of nitrogens with zero attached hydrogens (tertiary/aromatic N) is 3. The normalized spacial score (nSPS) is 15.9. The largest absolute Gasteiger partial charge is 0.370 e. The summed E-state index contributed by atoms with van der Waals surface area (Å²) in [5.74, 6) is 5.29. The monoisotopic (exact) mass is 309 g/mol. The van der Waals surface area contributed by atoms with Crippen molar-refractivity contribution in [1.82, 2.24) is 14.9 Å². The van der Waals surface area contributed by atoms with Crippen LogP contribution in [0.3, 0.4) is 0 Å². The van der Waals surface area contributed by atoms with Gasteiger partial charge in [-0.2, -0.15) is 11.8 Å². The molecule has 1 aliphatic heterocycles.